The predicted molar refractivity (Wildman–Crippen MR) is 95.1 cm³/mol. The van der Waals surface area contributed by atoms with Crippen molar-refractivity contribution in [3.05, 3.63) is 33.8 Å². The van der Waals surface area contributed by atoms with Gasteiger partial charge in [-0.1, -0.05) is 23.2 Å². The first-order valence-corrected chi connectivity index (χ1v) is 8.62. The van der Waals surface area contributed by atoms with Gasteiger partial charge in [0.25, 0.3) is 0 Å². The number of benzene rings is 1. The van der Waals surface area contributed by atoms with Crippen molar-refractivity contribution in [1.82, 2.24) is 15.5 Å². The lowest BCUT2D eigenvalue weighted by Crippen LogP contribution is -2.51. The van der Waals surface area contributed by atoms with Crippen molar-refractivity contribution in [2.75, 3.05) is 13.1 Å². The number of likely N-dealkylation sites (tertiary alicyclic amines) is 1. The number of nitrogens with zero attached hydrogens (tertiary/aromatic N) is 1. The number of piperidine rings is 1. The van der Waals surface area contributed by atoms with Gasteiger partial charge in [0, 0.05) is 35.7 Å². The van der Waals surface area contributed by atoms with Gasteiger partial charge in [0.1, 0.15) is 6.04 Å². The van der Waals surface area contributed by atoms with Crippen molar-refractivity contribution < 1.29 is 9.59 Å². The third-order valence-electron chi connectivity index (χ3n) is 4.01. The van der Waals surface area contributed by atoms with Crippen molar-refractivity contribution in [2.24, 2.45) is 5.73 Å². The van der Waals surface area contributed by atoms with Gasteiger partial charge in [-0.15, -0.1) is 0 Å². The second kappa shape index (κ2) is 8.55. The van der Waals surface area contributed by atoms with Gasteiger partial charge in [-0.05, 0) is 43.5 Å². The maximum Gasteiger partial charge on any atom is 0.312 e. The Bertz CT molecular complexity index is 583. The number of amides is 3. The summed E-state index contributed by atoms with van der Waals surface area (Å²) in [5.74, 6) is -0.214. The first kappa shape index (κ1) is 18.8. The zero-order chi connectivity index (χ0) is 17.7. The molecule has 8 heteroatoms. The fraction of sp³-hybridized carbons (Fsp3) is 0.500. The molecule has 132 valence electrons. The van der Waals surface area contributed by atoms with Crippen LogP contribution in [0.1, 0.15) is 25.3 Å². The quantitative estimate of drug-likeness (QED) is 0.739. The Labute approximate surface area is 151 Å². The van der Waals surface area contributed by atoms with E-state index < -0.39 is 12.1 Å². The Morgan fingerprint density at radius 3 is 2.38 bits per heavy atom. The lowest BCUT2D eigenvalue weighted by molar-refractivity contribution is -0.123. The van der Waals surface area contributed by atoms with Crippen LogP contribution < -0.4 is 16.4 Å². The van der Waals surface area contributed by atoms with E-state index in [1.54, 1.807) is 13.0 Å². The van der Waals surface area contributed by atoms with Gasteiger partial charge in [-0.3, -0.25) is 9.69 Å². The van der Waals surface area contributed by atoms with Gasteiger partial charge >= 0.3 is 6.03 Å². The maximum atomic E-state index is 12.0. The summed E-state index contributed by atoms with van der Waals surface area (Å²) in [5.41, 5.74) is 6.10. The molecule has 6 nitrogen and oxygen atoms in total. The molecule has 0 saturated carbocycles. The van der Waals surface area contributed by atoms with E-state index in [-0.39, 0.29) is 11.9 Å². The SMILES string of the molecule is C[C@H](NC(N)=O)C(=O)NC1CCN(Cc2cc(Cl)cc(Cl)c2)CC1. The number of halogens is 2. The van der Waals surface area contributed by atoms with Crippen molar-refractivity contribution in [3.63, 3.8) is 0 Å². The molecular weight excluding hydrogens is 351 g/mol. The number of primary amides is 1. The van der Waals surface area contributed by atoms with Gasteiger partial charge in [-0.25, -0.2) is 4.79 Å². The molecule has 0 unspecified atom stereocenters. The molecule has 3 amide bonds. The summed E-state index contributed by atoms with van der Waals surface area (Å²) in [5, 5.41) is 6.59. The summed E-state index contributed by atoms with van der Waals surface area (Å²) in [6, 6.07) is 4.32. The minimum Gasteiger partial charge on any atom is -0.352 e. The van der Waals surface area contributed by atoms with E-state index in [9.17, 15) is 9.59 Å². The van der Waals surface area contributed by atoms with Gasteiger partial charge in [0.15, 0.2) is 0 Å². The van der Waals surface area contributed by atoms with Crippen molar-refractivity contribution in [1.29, 1.82) is 0 Å². The largest absolute Gasteiger partial charge is 0.352 e. The van der Waals surface area contributed by atoms with Crippen LogP contribution in [0.5, 0.6) is 0 Å². The van der Waals surface area contributed by atoms with Gasteiger partial charge < -0.3 is 16.4 Å². The normalized spacial score (nSPS) is 17.3. The molecule has 1 atom stereocenters. The molecule has 0 bridgehead atoms. The third-order valence-corrected chi connectivity index (χ3v) is 4.45. The van der Waals surface area contributed by atoms with Gasteiger partial charge in [0.05, 0.1) is 0 Å². The molecule has 1 heterocycles. The molecule has 1 saturated heterocycles. The van der Waals surface area contributed by atoms with Crippen molar-refractivity contribution in [3.8, 4) is 0 Å². The van der Waals surface area contributed by atoms with Crippen molar-refractivity contribution >= 4 is 35.1 Å². The number of hydrogen-bond donors (Lipinski definition) is 3. The first-order valence-electron chi connectivity index (χ1n) is 7.87. The summed E-state index contributed by atoms with van der Waals surface area (Å²) >= 11 is 12.0. The Hall–Kier alpha value is -1.50. The molecular formula is C16H22Cl2N4O2. The monoisotopic (exact) mass is 372 g/mol. The Morgan fingerprint density at radius 2 is 1.83 bits per heavy atom. The van der Waals surface area contributed by atoms with Crippen LogP contribution in [0.4, 0.5) is 4.79 Å². The fourth-order valence-corrected chi connectivity index (χ4v) is 3.37. The fourth-order valence-electron chi connectivity index (χ4n) is 2.80. The molecule has 1 aliphatic rings. The third kappa shape index (κ3) is 5.85. The molecule has 1 aromatic carbocycles. The van der Waals surface area contributed by atoms with Crippen LogP contribution in [0.15, 0.2) is 18.2 Å². The molecule has 24 heavy (non-hydrogen) atoms. The molecule has 0 spiro atoms. The minimum absolute atomic E-state index is 0.105. The number of nitrogens with one attached hydrogen (secondary N) is 2. The number of urea groups is 1. The average Bonchev–Trinajstić information content (AvgIpc) is 2.47. The number of hydrogen-bond acceptors (Lipinski definition) is 3. The highest BCUT2D eigenvalue weighted by atomic mass is 35.5. The Morgan fingerprint density at radius 1 is 1.25 bits per heavy atom. The highest BCUT2D eigenvalue weighted by molar-refractivity contribution is 6.34. The lowest BCUT2D eigenvalue weighted by atomic mass is 10.0. The summed E-state index contributed by atoms with van der Waals surface area (Å²) in [4.78, 5) is 25.0. The van der Waals surface area contributed by atoms with Crippen LogP contribution in [0.25, 0.3) is 0 Å². The second-order valence-electron chi connectivity index (χ2n) is 6.07. The van der Waals surface area contributed by atoms with Crippen LogP contribution in [-0.2, 0) is 11.3 Å². The van der Waals surface area contributed by atoms with E-state index in [1.165, 1.54) is 0 Å². The van der Waals surface area contributed by atoms with E-state index in [4.69, 9.17) is 28.9 Å². The lowest BCUT2D eigenvalue weighted by Gasteiger charge is -2.33. The molecule has 1 fully saturated rings. The van der Waals surface area contributed by atoms with Crippen LogP contribution >= 0.6 is 23.2 Å². The predicted octanol–water partition coefficient (Wildman–Crippen LogP) is 2.13. The average molecular weight is 373 g/mol. The topological polar surface area (TPSA) is 87.5 Å². The van der Waals surface area contributed by atoms with E-state index in [0.717, 1.165) is 38.0 Å². The Kier molecular flexibility index (Phi) is 6.71. The molecule has 1 aliphatic heterocycles. The highest BCUT2D eigenvalue weighted by Gasteiger charge is 2.23. The number of rotatable bonds is 5. The molecule has 0 aromatic heterocycles. The highest BCUT2D eigenvalue weighted by Crippen LogP contribution is 2.21. The van der Waals surface area contributed by atoms with Crippen LogP contribution in [-0.4, -0.2) is 42.0 Å². The smallest absolute Gasteiger partial charge is 0.312 e. The maximum absolute atomic E-state index is 12.0. The number of carbonyl (C=O) groups is 2. The zero-order valence-electron chi connectivity index (χ0n) is 13.5. The summed E-state index contributed by atoms with van der Waals surface area (Å²) in [6.45, 7) is 4.12. The van der Waals surface area contributed by atoms with Crippen LogP contribution in [0, 0.1) is 0 Å². The summed E-state index contributed by atoms with van der Waals surface area (Å²) in [6.07, 6.45) is 1.70. The number of carbonyl (C=O) groups excluding carboxylic acids is 2. The van der Waals surface area contributed by atoms with E-state index >= 15 is 0 Å². The first-order chi connectivity index (χ1) is 11.3. The molecule has 1 aromatic rings. The zero-order valence-corrected chi connectivity index (χ0v) is 15.0. The minimum atomic E-state index is -0.701. The molecule has 2 rings (SSSR count). The van der Waals surface area contributed by atoms with E-state index in [1.807, 2.05) is 12.1 Å². The molecule has 0 radical (unpaired) electrons. The second-order valence-corrected chi connectivity index (χ2v) is 6.94. The summed E-state index contributed by atoms with van der Waals surface area (Å²) in [7, 11) is 0. The van der Waals surface area contributed by atoms with Gasteiger partial charge in [-0.2, -0.15) is 0 Å². The summed E-state index contributed by atoms with van der Waals surface area (Å²) < 4.78 is 0. The van der Waals surface area contributed by atoms with Crippen LogP contribution in [0.3, 0.4) is 0 Å². The number of nitrogens with two attached hydrogens (primary N) is 1. The van der Waals surface area contributed by atoms with Crippen LogP contribution in [0.2, 0.25) is 10.0 Å². The molecule has 4 N–H and O–H groups in total. The standard InChI is InChI=1S/C16H22Cl2N4O2/c1-10(20-16(19)24)15(23)21-14-2-4-22(5-3-14)9-11-6-12(17)8-13(18)7-11/h6-8,10,14H,2-5,9H2,1H3,(H,21,23)(H3,19,20,24)/t10-/m0/s1. The van der Waals surface area contributed by atoms with Crippen molar-refractivity contribution in [2.45, 2.75) is 38.4 Å². The molecule has 0 aliphatic carbocycles. The van der Waals surface area contributed by atoms with Gasteiger partial charge in [0.2, 0.25) is 5.91 Å². The van der Waals surface area contributed by atoms with E-state index in [2.05, 4.69) is 15.5 Å². The Balaban J connectivity index is 1.79. The van der Waals surface area contributed by atoms with E-state index in [0.29, 0.717) is 10.0 Å².